The van der Waals surface area contributed by atoms with Crippen LogP contribution in [0.1, 0.15) is 38.2 Å². The first-order valence-electron chi connectivity index (χ1n) is 6.57. The summed E-state index contributed by atoms with van der Waals surface area (Å²) in [6.07, 6.45) is 4.32. The van der Waals surface area contributed by atoms with E-state index in [1.54, 1.807) is 16.4 Å². The number of hydrogen-bond donors (Lipinski definition) is 0. The van der Waals surface area contributed by atoms with E-state index in [4.69, 9.17) is 0 Å². The lowest BCUT2D eigenvalue weighted by Crippen LogP contribution is -2.21. The third-order valence-corrected chi connectivity index (χ3v) is 6.48. The van der Waals surface area contributed by atoms with E-state index in [0.717, 1.165) is 31.2 Å². The monoisotopic (exact) mass is 265 g/mol. The summed E-state index contributed by atoms with van der Waals surface area (Å²) in [5.74, 6) is 0. The van der Waals surface area contributed by atoms with Crippen LogP contribution in [0.5, 0.6) is 0 Å². The minimum atomic E-state index is -3.29. The molecule has 1 heterocycles. The van der Waals surface area contributed by atoms with Gasteiger partial charge in [-0.25, -0.2) is 8.42 Å². The lowest BCUT2D eigenvalue weighted by molar-refractivity contribution is 0.461. The summed E-state index contributed by atoms with van der Waals surface area (Å²) >= 11 is 0. The largest absolute Gasteiger partial charge is 0.243 e. The maximum absolute atomic E-state index is 12.6. The number of nitrogens with zero attached hydrogens (tertiary/aromatic N) is 1. The number of fused-ring (bicyclic) bond motifs is 1. The van der Waals surface area contributed by atoms with Gasteiger partial charge in [0.2, 0.25) is 10.0 Å². The van der Waals surface area contributed by atoms with Crippen LogP contribution in [0.3, 0.4) is 0 Å². The van der Waals surface area contributed by atoms with Crippen molar-refractivity contribution in [2.45, 2.75) is 56.0 Å². The standard InChI is InChI=1S/C14H19NO2S/c1-11-6-8-12(9-7-11)18(16,17)15-13-5-3-4-10-14(13,15)2/h6-9,13H,3-5,10H2,1-2H3/t13-,14+,15?/m1/s1. The fourth-order valence-corrected chi connectivity index (χ4v) is 5.35. The fraction of sp³-hybridized carbons (Fsp3) is 0.571. The van der Waals surface area contributed by atoms with E-state index in [-0.39, 0.29) is 11.6 Å². The molecule has 1 aliphatic carbocycles. The van der Waals surface area contributed by atoms with Crippen LogP contribution < -0.4 is 0 Å². The van der Waals surface area contributed by atoms with Gasteiger partial charge >= 0.3 is 0 Å². The van der Waals surface area contributed by atoms with Gasteiger partial charge in [-0.2, -0.15) is 4.31 Å². The molecule has 3 nitrogen and oxygen atoms in total. The molecule has 2 fully saturated rings. The van der Waals surface area contributed by atoms with Crippen LogP contribution in [0, 0.1) is 6.92 Å². The quantitative estimate of drug-likeness (QED) is 0.771. The molecule has 4 heteroatoms. The molecule has 3 rings (SSSR count). The fourth-order valence-electron chi connectivity index (χ4n) is 3.26. The van der Waals surface area contributed by atoms with E-state index in [2.05, 4.69) is 6.92 Å². The summed E-state index contributed by atoms with van der Waals surface area (Å²) in [5, 5.41) is 0. The van der Waals surface area contributed by atoms with Crippen molar-refractivity contribution in [3.05, 3.63) is 29.8 Å². The second kappa shape index (κ2) is 3.81. The molecule has 0 N–H and O–H groups in total. The second-order valence-electron chi connectivity index (χ2n) is 5.73. The highest BCUT2D eigenvalue weighted by molar-refractivity contribution is 7.89. The molecule has 1 aromatic rings. The summed E-state index contributed by atoms with van der Waals surface area (Å²) in [6.45, 7) is 4.05. The van der Waals surface area contributed by atoms with Crippen LogP contribution in [0.25, 0.3) is 0 Å². The Morgan fingerprint density at radius 1 is 1.22 bits per heavy atom. The summed E-state index contributed by atoms with van der Waals surface area (Å²) in [6, 6.07) is 7.40. The molecule has 3 atom stereocenters. The van der Waals surface area contributed by atoms with Crippen molar-refractivity contribution < 1.29 is 8.42 Å². The molecular formula is C14H19NO2S. The highest BCUT2D eigenvalue weighted by Gasteiger charge is 2.65. The van der Waals surface area contributed by atoms with Crippen molar-refractivity contribution >= 4 is 10.0 Å². The number of sulfonamides is 1. The van der Waals surface area contributed by atoms with E-state index < -0.39 is 10.0 Å². The minimum absolute atomic E-state index is 0.109. The molecule has 1 aromatic carbocycles. The SMILES string of the molecule is Cc1ccc(S(=O)(=O)N2[C@@H]3CCCC[C@@]32C)cc1. The summed E-state index contributed by atoms with van der Waals surface area (Å²) < 4.78 is 26.9. The second-order valence-corrected chi connectivity index (χ2v) is 7.55. The van der Waals surface area contributed by atoms with Crippen LogP contribution in [-0.2, 0) is 10.0 Å². The summed E-state index contributed by atoms with van der Waals surface area (Å²) in [5.41, 5.74) is 0.977. The predicted octanol–water partition coefficient (Wildman–Crippen LogP) is 2.70. The topological polar surface area (TPSA) is 37.1 Å². The van der Waals surface area contributed by atoms with Crippen LogP contribution in [-0.4, -0.2) is 24.3 Å². The Kier molecular flexibility index (Phi) is 2.58. The Bertz CT molecular complexity index is 564. The van der Waals surface area contributed by atoms with E-state index in [1.807, 2.05) is 19.1 Å². The van der Waals surface area contributed by atoms with Gasteiger partial charge in [0.25, 0.3) is 0 Å². The lowest BCUT2D eigenvalue weighted by Gasteiger charge is -2.14. The Morgan fingerprint density at radius 3 is 2.44 bits per heavy atom. The van der Waals surface area contributed by atoms with Gasteiger partial charge in [-0.3, -0.25) is 0 Å². The predicted molar refractivity (Wildman–Crippen MR) is 70.9 cm³/mol. The smallest absolute Gasteiger partial charge is 0.207 e. The molecule has 1 aliphatic heterocycles. The van der Waals surface area contributed by atoms with Gasteiger partial charge in [-0.1, -0.05) is 30.5 Å². The highest BCUT2D eigenvalue weighted by Crippen LogP contribution is 2.53. The number of benzene rings is 1. The molecule has 0 amide bonds. The Balaban J connectivity index is 1.95. The third kappa shape index (κ3) is 1.62. The van der Waals surface area contributed by atoms with Gasteiger partial charge in [0.1, 0.15) is 0 Å². The van der Waals surface area contributed by atoms with Crippen LogP contribution in [0.15, 0.2) is 29.2 Å². The zero-order chi connectivity index (χ0) is 13.0. The summed E-state index contributed by atoms with van der Waals surface area (Å²) in [4.78, 5) is 0.434. The number of hydrogen-bond acceptors (Lipinski definition) is 2. The Morgan fingerprint density at radius 2 is 1.89 bits per heavy atom. The minimum Gasteiger partial charge on any atom is -0.207 e. The number of aryl methyl sites for hydroxylation is 1. The zero-order valence-corrected chi connectivity index (χ0v) is 11.7. The van der Waals surface area contributed by atoms with Crippen molar-refractivity contribution in [3.63, 3.8) is 0 Å². The average molecular weight is 265 g/mol. The van der Waals surface area contributed by atoms with E-state index in [1.165, 1.54) is 0 Å². The van der Waals surface area contributed by atoms with Crippen LogP contribution in [0.2, 0.25) is 0 Å². The molecule has 0 radical (unpaired) electrons. The molecule has 1 saturated carbocycles. The van der Waals surface area contributed by atoms with Crippen molar-refractivity contribution in [2.75, 3.05) is 0 Å². The molecule has 1 unspecified atom stereocenters. The van der Waals surface area contributed by atoms with Crippen molar-refractivity contribution in [2.24, 2.45) is 0 Å². The molecule has 18 heavy (non-hydrogen) atoms. The van der Waals surface area contributed by atoms with Crippen LogP contribution in [0.4, 0.5) is 0 Å². The van der Waals surface area contributed by atoms with E-state index in [9.17, 15) is 8.42 Å². The normalized spacial score (nSPS) is 35.0. The lowest BCUT2D eigenvalue weighted by atomic mass is 9.91. The van der Waals surface area contributed by atoms with Gasteiger partial charge in [0.05, 0.1) is 10.4 Å². The average Bonchev–Trinajstić information content (AvgIpc) is 2.96. The first-order valence-corrected chi connectivity index (χ1v) is 8.01. The van der Waals surface area contributed by atoms with Crippen molar-refractivity contribution in [3.8, 4) is 0 Å². The molecule has 98 valence electrons. The molecule has 2 aliphatic rings. The molecule has 1 saturated heterocycles. The third-order valence-electron chi connectivity index (χ3n) is 4.42. The van der Waals surface area contributed by atoms with Crippen molar-refractivity contribution in [1.29, 1.82) is 0 Å². The maximum Gasteiger partial charge on any atom is 0.243 e. The van der Waals surface area contributed by atoms with Gasteiger partial charge in [0.15, 0.2) is 0 Å². The van der Waals surface area contributed by atoms with Crippen molar-refractivity contribution in [1.82, 2.24) is 4.31 Å². The molecule has 0 spiro atoms. The van der Waals surface area contributed by atoms with Gasteiger partial charge in [-0.05, 0) is 38.8 Å². The van der Waals surface area contributed by atoms with Gasteiger partial charge < -0.3 is 0 Å². The first kappa shape index (κ1) is 12.2. The van der Waals surface area contributed by atoms with E-state index in [0.29, 0.717) is 4.90 Å². The van der Waals surface area contributed by atoms with Crippen LogP contribution >= 0.6 is 0 Å². The maximum atomic E-state index is 12.6. The molecule has 0 aromatic heterocycles. The summed E-state index contributed by atoms with van der Waals surface area (Å²) in [7, 11) is -3.29. The Labute approximate surface area is 109 Å². The molecular weight excluding hydrogens is 246 g/mol. The molecule has 0 bridgehead atoms. The van der Waals surface area contributed by atoms with Gasteiger partial charge in [0, 0.05) is 6.04 Å². The highest BCUT2D eigenvalue weighted by atomic mass is 32.2. The number of rotatable bonds is 2. The van der Waals surface area contributed by atoms with Gasteiger partial charge in [-0.15, -0.1) is 0 Å². The first-order chi connectivity index (χ1) is 8.46. The zero-order valence-electron chi connectivity index (χ0n) is 10.9. The van der Waals surface area contributed by atoms with E-state index >= 15 is 0 Å². The Hall–Kier alpha value is -0.870.